The predicted octanol–water partition coefficient (Wildman–Crippen LogP) is 1.51. The average molecular weight is 335 g/mol. The molecule has 24 heavy (non-hydrogen) atoms. The van der Waals surface area contributed by atoms with Gasteiger partial charge < -0.3 is 14.8 Å². The fraction of sp³-hybridized carbons (Fsp3) is 0.529. The van der Waals surface area contributed by atoms with Crippen LogP contribution in [-0.4, -0.2) is 50.2 Å². The van der Waals surface area contributed by atoms with Crippen LogP contribution >= 0.6 is 0 Å². The maximum absolute atomic E-state index is 12.2. The zero-order chi connectivity index (χ0) is 17.7. The summed E-state index contributed by atoms with van der Waals surface area (Å²) in [6.07, 6.45) is 1.96. The molecule has 1 aromatic carbocycles. The van der Waals surface area contributed by atoms with E-state index < -0.39 is 12.1 Å². The van der Waals surface area contributed by atoms with Crippen molar-refractivity contribution < 1.29 is 19.1 Å². The number of amides is 3. The number of likely N-dealkylation sites (N-methyl/N-ethyl adjacent to an activating group) is 1. The fourth-order valence-corrected chi connectivity index (χ4v) is 2.25. The quantitative estimate of drug-likeness (QED) is 0.790. The Morgan fingerprint density at radius 3 is 2.58 bits per heavy atom. The molecule has 1 atom stereocenters. The van der Waals surface area contributed by atoms with Crippen molar-refractivity contribution in [1.29, 1.82) is 0 Å². The van der Waals surface area contributed by atoms with Gasteiger partial charge in [0.15, 0.2) is 0 Å². The Morgan fingerprint density at radius 2 is 2.00 bits per heavy atom. The molecular formula is C17H25N3O4. The van der Waals surface area contributed by atoms with Crippen LogP contribution in [0.1, 0.15) is 25.3 Å². The van der Waals surface area contributed by atoms with Crippen LogP contribution in [0, 0.1) is 0 Å². The molecule has 0 aromatic heterocycles. The van der Waals surface area contributed by atoms with Crippen LogP contribution in [0.4, 0.5) is 4.79 Å². The van der Waals surface area contributed by atoms with Crippen LogP contribution in [0.5, 0.6) is 11.5 Å². The molecule has 0 radical (unpaired) electrons. The largest absolute Gasteiger partial charge is 0.497 e. The van der Waals surface area contributed by atoms with Gasteiger partial charge in [0.05, 0.1) is 20.3 Å². The normalized spacial score (nSPS) is 14.9. The molecule has 1 aromatic rings. The fourth-order valence-electron chi connectivity index (χ4n) is 2.25. The Kier molecular flexibility index (Phi) is 6.03. The van der Waals surface area contributed by atoms with Crippen molar-refractivity contribution in [2.75, 3.05) is 21.3 Å². The molecule has 0 heterocycles. The van der Waals surface area contributed by atoms with Crippen LogP contribution in [0.3, 0.4) is 0 Å². The Labute approximate surface area is 142 Å². The van der Waals surface area contributed by atoms with E-state index in [-0.39, 0.29) is 11.9 Å². The first kappa shape index (κ1) is 18.1. The molecule has 3 amide bonds. The van der Waals surface area contributed by atoms with E-state index in [1.54, 1.807) is 27.2 Å². The lowest BCUT2D eigenvalue weighted by Gasteiger charge is -2.24. The summed E-state index contributed by atoms with van der Waals surface area (Å²) in [5.74, 6) is 1.07. The first-order valence-corrected chi connectivity index (χ1v) is 7.97. The van der Waals surface area contributed by atoms with Crippen molar-refractivity contribution >= 4 is 11.9 Å². The van der Waals surface area contributed by atoms with Crippen LogP contribution in [0.2, 0.25) is 0 Å². The lowest BCUT2D eigenvalue weighted by molar-refractivity contribution is -0.124. The van der Waals surface area contributed by atoms with E-state index in [0.29, 0.717) is 18.0 Å². The Morgan fingerprint density at radius 1 is 1.29 bits per heavy atom. The van der Waals surface area contributed by atoms with E-state index in [1.807, 2.05) is 24.1 Å². The van der Waals surface area contributed by atoms with Gasteiger partial charge in [-0.25, -0.2) is 4.79 Å². The van der Waals surface area contributed by atoms with E-state index in [9.17, 15) is 9.59 Å². The molecule has 1 aliphatic rings. The molecule has 1 saturated carbocycles. The molecule has 0 saturated heterocycles. The molecule has 1 aliphatic carbocycles. The van der Waals surface area contributed by atoms with E-state index >= 15 is 0 Å². The number of carbonyl (C=O) groups excluding carboxylic acids is 2. The minimum Gasteiger partial charge on any atom is -0.497 e. The number of rotatable bonds is 7. The van der Waals surface area contributed by atoms with Gasteiger partial charge in [0.1, 0.15) is 11.5 Å². The van der Waals surface area contributed by atoms with Gasteiger partial charge in [-0.1, -0.05) is 6.07 Å². The van der Waals surface area contributed by atoms with E-state index in [2.05, 4.69) is 10.6 Å². The van der Waals surface area contributed by atoms with Crippen molar-refractivity contribution in [3.63, 3.8) is 0 Å². The van der Waals surface area contributed by atoms with Crippen molar-refractivity contribution in [2.45, 2.75) is 38.4 Å². The molecule has 0 spiro atoms. The second-order valence-corrected chi connectivity index (χ2v) is 6.01. The van der Waals surface area contributed by atoms with Crippen LogP contribution < -0.4 is 20.1 Å². The first-order chi connectivity index (χ1) is 11.4. The third-order valence-electron chi connectivity index (χ3n) is 4.10. The van der Waals surface area contributed by atoms with E-state index in [0.717, 1.165) is 18.4 Å². The second-order valence-electron chi connectivity index (χ2n) is 6.01. The number of ether oxygens (including phenoxy) is 2. The van der Waals surface area contributed by atoms with Gasteiger partial charge >= 0.3 is 6.03 Å². The third kappa shape index (κ3) is 4.86. The van der Waals surface area contributed by atoms with Gasteiger partial charge in [-0.05, 0) is 32.9 Å². The predicted molar refractivity (Wildman–Crippen MR) is 90.2 cm³/mol. The molecular weight excluding hydrogens is 310 g/mol. The highest BCUT2D eigenvalue weighted by Crippen LogP contribution is 2.25. The van der Waals surface area contributed by atoms with Crippen LogP contribution in [-0.2, 0) is 11.3 Å². The number of urea groups is 1. The zero-order valence-corrected chi connectivity index (χ0v) is 14.6. The Bertz CT molecular complexity index is 601. The minimum absolute atomic E-state index is 0.217. The summed E-state index contributed by atoms with van der Waals surface area (Å²) in [5, 5.41) is 5.12. The smallest absolute Gasteiger partial charge is 0.321 e. The molecule has 7 heteroatoms. The van der Waals surface area contributed by atoms with Crippen molar-refractivity contribution in [3.8, 4) is 11.5 Å². The zero-order valence-electron chi connectivity index (χ0n) is 14.6. The summed E-state index contributed by atoms with van der Waals surface area (Å²) in [5.41, 5.74) is 0.933. The van der Waals surface area contributed by atoms with E-state index in [4.69, 9.17) is 9.47 Å². The third-order valence-corrected chi connectivity index (χ3v) is 4.10. The SMILES string of the molecule is COc1ccc(CN(C)[C@@H](C)C(=O)NC(=O)NC2CC2)c(OC)c1. The van der Waals surface area contributed by atoms with Gasteiger partial charge in [0.25, 0.3) is 0 Å². The lowest BCUT2D eigenvalue weighted by atomic mass is 10.1. The highest BCUT2D eigenvalue weighted by molar-refractivity contribution is 5.96. The Hall–Kier alpha value is -2.28. The lowest BCUT2D eigenvalue weighted by Crippen LogP contribution is -2.48. The van der Waals surface area contributed by atoms with Gasteiger partial charge in [0.2, 0.25) is 5.91 Å². The number of carbonyl (C=O) groups is 2. The molecule has 7 nitrogen and oxygen atoms in total. The molecule has 2 N–H and O–H groups in total. The topological polar surface area (TPSA) is 79.9 Å². The second kappa shape index (κ2) is 8.01. The highest BCUT2D eigenvalue weighted by Gasteiger charge is 2.26. The number of nitrogens with zero attached hydrogens (tertiary/aromatic N) is 1. The number of hydrogen-bond acceptors (Lipinski definition) is 5. The van der Waals surface area contributed by atoms with Crippen molar-refractivity contribution in [2.24, 2.45) is 0 Å². The summed E-state index contributed by atoms with van der Waals surface area (Å²) in [7, 11) is 5.02. The first-order valence-electron chi connectivity index (χ1n) is 7.97. The standard InChI is InChI=1S/C17H25N3O4/c1-11(16(21)19-17(22)18-13-6-7-13)20(2)10-12-5-8-14(23-3)9-15(12)24-4/h5,8-9,11,13H,6-7,10H2,1-4H3,(H2,18,19,21,22)/t11-/m0/s1. The number of nitrogens with one attached hydrogen (secondary N) is 2. The average Bonchev–Trinajstić information content (AvgIpc) is 3.37. The highest BCUT2D eigenvalue weighted by atomic mass is 16.5. The number of benzene rings is 1. The van der Waals surface area contributed by atoms with Crippen LogP contribution in [0.25, 0.3) is 0 Å². The monoisotopic (exact) mass is 335 g/mol. The van der Waals surface area contributed by atoms with Crippen LogP contribution in [0.15, 0.2) is 18.2 Å². The summed E-state index contributed by atoms with van der Waals surface area (Å²) in [4.78, 5) is 25.7. The van der Waals surface area contributed by atoms with Crippen molar-refractivity contribution in [3.05, 3.63) is 23.8 Å². The Balaban J connectivity index is 1.93. The van der Waals surface area contributed by atoms with E-state index in [1.165, 1.54) is 0 Å². The molecule has 132 valence electrons. The van der Waals surface area contributed by atoms with Crippen molar-refractivity contribution in [1.82, 2.24) is 15.5 Å². The van der Waals surface area contributed by atoms with Gasteiger partial charge in [0, 0.05) is 24.2 Å². The molecule has 1 fully saturated rings. The number of methoxy groups -OCH3 is 2. The molecule has 0 bridgehead atoms. The summed E-state index contributed by atoms with van der Waals surface area (Å²) in [6.45, 7) is 2.27. The number of hydrogen-bond donors (Lipinski definition) is 2. The summed E-state index contributed by atoms with van der Waals surface area (Å²) >= 11 is 0. The number of imide groups is 1. The van der Waals surface area contributed by atoms with Gasteiger partial charge in [-0.2, -0.15) is 0 Å². The maximum atomic E-state index is 12.2. The summed E-state index contributed by atoms with van der Waals surface area (Å²) in [6, 6.07) is 4.88. The van der Waals surface area contributed by atoms with Gasteiger partial charge in [-0.15, -0.1) is 0 Å². The molecule has 0 aliphatic heterocycles. The molecule has 2 rings (SSSR count). The summed E-state index contributed by atoms with van der Waals surface area (Å²) < 4.78 is 10.6. The maximum Gasteiger partial charge on any atom is 0.321 e. The molecule has 0 unspecified atom stereocenters. The minimum atomic E-state index is -0.457. The van der Waals surface area contributed by atoms with Gasteiger partial charge in [-0.3, -0.25) is 15.0 Å².